The predicted octanol–water partition coefficient (Wildman–Crippen LogP) is 1.06. The van der Waals surface area contributed by atoms with Gasteiger partial charge >= 0.3 is 5.69 Å². The number of aromatic amines is 2. The SMILES string of the molecule is CCCCCn1c(=O)n(CCCc2nc(N)n[nH]2)c(=O)c2[nH]c(Cl)nc21. The number of aryl methyl sites for hydroxylation is 2. The molecule has 140 valence electrons. The van der Waals surface area contributed by atoms with Gasteiger partial charge in [-0.2, -0.15) is 9.97 Å². The van der Waals surface area contributed by atoms with Gasteiger partial charge in [0.1, 0.15) is 5.82 Å². The Morgan fingerprint density at radius 3 is 2.58 bits per heavy atom. The molecule has 3 heterocycles. The Labute approximate surface area is 153 Å². The highest BCUT2D eigenvalue weighted by Gasteiger charge is 2.16. The number of rotatable bonds is 8. The van der Waals surface area contributed by atoms with Gasteiger partial charge < -0.3 is 10.7 Å². The average molecular weight is 381 g/mol. The largest absolute Gasteiger partial charge is 0.367 e. The van der Waals surface area contributed by atoms with Crippen molar-refractivity contribution in [3.63, 3.8) is 0 Å². The van der Waals surface area contributed by atoms with Crippen molar-refractivity contribution in [1.82, 2.24) is 34.3 Å². The highest BCUT2D eigenvalue weighted by atomic mass is 35.5. The zero-order valence-electron chi connectivity index (χ0n) is 14.5. The van der Waals surface area contributed by atoms with Crippen LogP contribution in [0.15, 0.2) is 9.59 Å². The van der Waals surface area contributed by atoms with Gasteiger partial charge in [0, 0.05) is 19.5 Å². The Balaban J connectivity index is 1.90. The Hall–Kier alpha value is -2.62. The lowest BCUT2D eigenvalue weighted by Gasteiger charge is -2.10. The van der Waals surface area contributed by atoms with E-state index in [0.29, 0.717) is 30.9 Å². The summed E-state index contributed by atoms with van der Waals surface area (Å²) >= 11 is 5.92. The molecule has 0 aliphatic rings. The normalized spacial score (nSPS) is 11.5. The first-order chi connectivity index (χ1) is 12.5. The van der Waals surface area contributed by atoms with E-state index in [1.54, 1.807) is 0 Å². The number of nitrogens with one attached hydrogen (secondary N) is 2. The van der Waals surface area contributed by atoms with Crippen molar-refractivity contribution in [3.8, 4) is 0 Å². The molecule has 0 saturated carbocycles. The molecule has 0 fully saturated rings. The van der Waals surface area contributed by atoms with E-state index in [4.69, 9.17) is 17.3 Å². The van der Waals surface area contributed by atoms with Crippen LogP contribution in [0.3, 0.4) is 0 Å². The van der Waals surface area contributed by atoms with Gasteiger partial charge in [0.2, 0.25) is 11.2 Å². The number of H-pyrrole nitrogens is 2. The molecule has 3 aromatic heterocycles. The highest BCUT2D eigenvalue weighted by molar-refractivity contribution is 6.28. The molecule has 4 N–H and O–H groups in total. The number of imidazole rings is 1. The van der Waals surface area contributed by atoms with Crippen molar-refractivity contribution in [3.05, 3.63) is 31.9 Å². The van der Waals surface area contributed by atoms with Crippen LogP contribution in [0.5, 0.6) is 0 Å². The third-order valence-corrected chi connectivity index (χ3v) is 4.34. The van der Waals surface area contributed by atoms with Gasteiger partial charge in [-0.1, -0.05) is 19.8 Å². The van der Waals surface area contributed by atoms with Crippen LogP contribution in [0.4, 0.5) is 5.95 Å². The maximum Gasteiger partial charge on any atom is 0.332 e. The summed E-state index contributed by atoms with van der Waals surface area (Å²) in [7, 11) is 0. The summed E-state index contributed by atoms with van der Waals surface area (Å²) < 4.78 is 2.73. The standard InChI is InChI=1S/C15H21ClN8O2/c1-2-3-4-7-23-11-10(19-13(16)20-11)12(25)24(15(23)26)8-5-6-9-18-14(17)22-21-9/h2-8H2,1H3,(H,19,20)(H3,17,18,21,22). The van der Waals surface area contributed by atoms with E-state index in [9.17, 15) is 9.59 Å². The van der Waals surface area contributed by atoms with E-state index in [2.05, 4.69) is 32.1 Å². The van der Waals surface area contributed by atoms with Crippen molar-refractivity contribution in [2.24, 2.45) is 0 Å². The number of hydrogen-bond acceptors (Lipinski definition) is 6. The van der Waals surface area contributed by atoms with Crippen molar-refractivity contribution >= 4 is 28.7 Å². The molecule has 0 radical (unpaired) electrons. The fourth-order valence-electron chi connectivity index (χ4n) is 2.88. The second-order valence-electron chi connectivity index (χ2n) is 6.07. The molecule has 3 rings (SSSR count). The Kier molecular flexibility index (Phi) is 5.40. The van der Waals surface area contributed by atoms with Crippen LogP contribution in [0.2, 0.25) is 5.28 Å². The van der Waals surface area contributed by atoms with E-state index in [1.165, 1.54) is 9.13 Å². The number of nitrogens with zero attached hydrogens (tertiary/aromatic N) is 5. The first kappa shape index (κ1) is 18.2. The number of halogens is 1. The zero-order chi connectivity index (χ0) is 18.7. The number of unbranched alkanes of at least 4 members (excludes halogenated alkanes) is 2. The maximum absolute atomic E-state index is 12.8. The molecule has 0 bridgehead atoms. The van der Waals surface area contributed by atoms with Gasteiger partial charge in [0.15, 0.2) is 11.2 Å². The molecule has 0 aromatic carbocycles. The Morgan fingerprint density at radius 2 is 1.88 bits per heavy atom. The number of anilines is 1. The van der Waals surface area contributed by atoms with Crippen LogP contribution in [0, 0.1) is 0 Å². The second-order valence-corrected chi connectivity index (χ2v) is 6.43. The quantitative estimate of drug-likeness (QED) is 0.394. The van der Waals surface area contributed by atoms with Crippen molar-refractivity contribution in [2.75, 3.05) is 5.73 Å². The van der Waals surface area contributed by atoms with E-state index in [-0.39, 0.29) is 29.0 Å². The smallest absolute Gasteiger partial charge is 0.332 e. The Morgan fingerprint density at radius 1 is 1.12 bits per heavy atom. The van der Waals surface area contributed by atoms with Crippen molar-refractivity contribution < 1.29 is 0 Å². The van der Waals surface area contributed by atoms with Crippen LogP contribution in [0.1, 0.15) is 38.4 Å². The third-order valence-electron chi connectivity index (χ3n) is 4.16. The van der Waals surface area contributed by atoms with Gasteiger partial charge in [-0.3, -0.25) is 19.0 Å². The molecule has 0 atom stereocenters. The van der Waals surface area contributed by atoms with Gasteiger partial charge in [-0.15, -0.1) is 5.10 Å². The van der Waals surface area contributed by atoms with E-state index in [1.807, 2.05) is 0 Å². The van der Waals surface area contributed by atoms with Crippen LogP contribution >= 0.6 is 11.6 Å². The fraction of sp³-hybridized carbons (Fsp3) is 0.533. The number of fused-ring (bicyclic) bond motifs is 1. The topological polar surface area (TPSA) is 140 Å². The van der Waals surface area contributed by atoms with Gasteiger partial charge in [-0.25, -0.2) is 4.79 Å². The minimum absolute atomic E-state index is 0.0932. The molecule has 26 heavy (non-hydrogen) atoms. The molecule has 0 spiro atoms. The number of hydrogen-bond donors (Lipinski definition) is 3. The molecule has 3 aromatic rings. The average Bonchev–Trinajstić information content (AvgIpc) is 3.19. The molecule has 10 nitrogen and oxygen atoms in total. The highest BCUT2D eigenvalue weighted by Crippen LogP contribution is 2.11. The molecule has 0 saturated heterocycles. The minimum atomic E-state index is -0.423. The summed E-state index contributed by atoms with van der Waals surface area (Å²) in [5.74, 6) is 0.786. The Bertz CT molecular complexity index is 1010. The van der Waals surface area contributed by atoms with Crippen molar-refractivity contribution in [2.45, 2.75) is 52.1 Å². The van der Waals surface area contributed by atoms with Gasteiger partial charge in [0.25, 0.3) is 5.56 Å². The fourth-order valence-corrected chi connectivity index (χ4v) is 3.06. The molecule has 0 aliphatic carbocycles. The van der Waals surface area contributed by atoms with Crippen LogP contribution in [0.25, 0.3) is 11.2 Å². The number of aromatic nitrogens is 7. The predicted molar refractivity (Wildman–Crippen MR) is 98.3 cm³/mol. The zero-order valence-corrected chi connectivity index (χ0v) is 15.2. The molecule has 0 aliphatic heterocycles. The number of nitrogen functional groups attached to an aromatic ring is 1. The molecule has 11 heteroatoms. The first-order valence-electron chi connectivity index (χ1n) is 8.57. The first-order valence-corrected chi connectivity index (χ1v) is 8.94. The van der Waals surface area contributed by atoms with E-state index < -0.39 is 5.56 Å². The summed E-state index contributed by atoms with van der Waals surface area (Å²) in [5.41, 5.74) is 5.22. The van der Waals surface area contributed by atoms with Crippen LogP contribution in [-0.2, 0) is 19.5 Å². The summed E-state index contributed by atoms with van der Waals surface area (Å²) in [6.07, 6.45) is 3.89. The van der Waals surface area contributed by atoms with E-state index >= 15 is 0 Å². The summed E-state index contributed by atoms with van der Waals surface area (Å²) in [5, 5.41) is 6.56. The summed E-state index contributed by atoms with van der Waals surface area (Å²) in [4.78, 5) is 36.4. The molecule has 0 amide bonds. The molecular weight excluding hydrogens is 360 g/mol. The van der Waals surface area contributed by atoms with Crippen LogP contribution in [-0.4, -0.2) is 34.3 Å². The second kappa shape index (κ2) is 7.73. The lowest BCUT2D eigenvalue weighted by Crippen LogP contribution is -2.40. The monoisotopic (exact) mass is 380 g/mol. The van der Waals surface area contributed by atoms with Gasteiger partial charge in [0.05, 0.1) is 0 Å². The molecular formula is C15H21ClN8O2. The van der Waals surface area contributed by atoms with E-state index in [0.717, 1.165) is 19.3 Å². The van der Waals surface area contributed by atoms with Gasteiger partial charge in [-0.05, 0) is 24.4 Å². The lowest BCUT2D eigenvalue weighted by atomic mass is 10.2. The summed E-state index contributed by atoms with van der Waals surface area (Å²) in [6.45, 7) is 2.82. The van der Waals surface area contributed by atoms with Crippen LogP contribution < -0.4 is 17.0 Å². The third kappa shape index (κ3) is 3.64. The lowest BCUT2D eigenvalue weighted by molar-refractivity contribution is 0.524. The maximum atomic E-state index is 12.8. The summed E-state index contributed by atoms with van der Waals surface area (Å²) in [6, 6.07) is 0. The molecule has 0 unspecified atom stereocenters. The minimum Gasteiger partial charge on any atom is -0.367 e. The number of nitrogens with two attached hydrogens (primary N) is 1. The van der Waals surface area contributed by atoms with Crippen molar-refractivity contribution in [1.29, 1.82) is 0 Å².